The molecule has 0 atom stereocenters. The van der Waals surface area contributed by atoms with Gasteiger partial charge in [-0.3, -0.25) is 9.88 Å². The highest BCUT2D eigenvalue weighted by Crippen LogP contribution is 2.27. The number of rotatable bonds is 5. The molecule has 1 aromatic rings. The fourth-order valence-electron chi connectivity index (χ4n) is 3.06. The van der Waals surface area contributed by atoms with Crippen LogP contribution in [0.15, 0.2) is 18.5 Å². The van der Waals surface area contributed by atoms with E-state index in [2.05, 4.69) is 14.8 Å². The minimum absolute atomic E-state index is 0.373. The topological polar surface area (TPSA) is 37.8 Å². The molecule has 122 valence electrons. The van der Waals surface area contributed by atoms with Crippen LogP contribution >= 0.6 is 11.6 Å². The molecule has 0 aliphatic carbocycles. The van der Waals surface area contributed by atoms with Crippen LogP contribution in [0.4, 0.5) is 5.69 Å². The van der Waals surface area contributed by atoms with Crippen molar-refractivity contribution in [3.63, 3.8) is 0 Å². The van der Waals surface area contributed by atoms with Gasteiger partial charge in [0, 0.05) is 45.1 Å². The van der Waals surface area contributed by atoms with E-state index in [9.17, 15) is 0 Å². The Morgan fingerprint density at radius 3 is 2.73 bits per heavy atom. The summed E-state index contributed by atoms with van der Waals surface area (Å²) in [5.41, 5.74) is 1.09. The van der Waals surface area contributed by atoms with Crippen molar-refractivity contribution in [1.29, 1.82) is 0 Å². The summed E-state index contributed by atoms with van der Waals surface area (Å²) in [4.78, 5) is 8.78. The second-order valence-corrected chi connectivity index (χ2v) is 6.25. The molecule has 0 N–H and O–H groups in total. The van der Waals surface area contributed by atoms with Gasteiger partial charge in [0.15, 0.2) is 0 Å². The fraction of sp³-hybridized carbons (Fsp3) is 0.688. The highest BCUT2D eigenvalue weighted by molar-refractivity contribution is 6.33. The van der Waals surface area contributed by atoms with Crippen molar-refractivity contribution in [1.82, 2.24) is 9.88 Å². The standard InChI is InChI=1S/C16H24ClN3O2/c17-15-13-18-4-1-16(15)20-5-2-14(3-6-20)22-12-9-19-7-10-21-11-8-19/h1,4,13-14H,2-3,5-12H2. The number of nitrogens with zero attached hydrogens (tertiary/aromatic N) is 3. The normalized spacial score (nSPS) is 21.2. The molecule has 0 spiro atoms. The Hall–Kier alpha value is -0.880. The van der Waals surface area contributed by atoms with Crippen LogP contribution in [0, 0.1) is 0 Å². The van der Waals surface area contributed by atoms with Gasteiger partial charge in [0.05, 0.1) is 36.6 Å². The van der Waals surface area contributed by atoms with E-state index in [4.69, 9.17) is 21.1 Å². The van der Waals surface area contributed by atoms with Gasteiger partial charge in [-0.05, 0) is 18.9 Å². The third-order valence-corrected chi connectivity index (χ3v) is 4.69. The van der Waals surface area contributed by atoms with E-state index < -0.39 is 0 Å². The van der Waals surface area contributed by atoms with Gasteiger partial charge in [0.25, 0.3) is 0 Å². The zero-order chi connectivity index (χ0) is 15.2. The Kier molecular flexibility index (Phi) is 5.89. The van der Waals surface area contributed by atoms with E-state index >= 15 is 0 Å². The lowest BCUT2D eigenvalue weighted by molar-refractivity contribution is -0.00444. The number of ether oxygens (including phenoxy) is 2. The van der Waals surface area contributed by atoms with E-state index in [0.717, 1.165) is 76.1 Å². The second-order valence-electron chi connectivity index (χ2n) is 5.84. The molecule has 6 heteroatoms. The van der Waals surface area contributed by atoms with E-state index in [-0.39, 0.29) is 0 Å². The molecule has 3 rings (SSSR count). The van der Waals surface area contributed by atoms with Crippen LogP contribution in [-0.2, 0) is 9.47 Å². The molecule has 0 radical (unpaired) electrons. The molecule has 3 heterocycles. The summed E-state index contributed by atoms with van der Waals surface area (Å²) < 4.78 is 11.4. The van der Waals surface area contributed by atoms with Crippen LogP contribution in [0.5, 0.6) is 0 Å². The maximum Gasteiger partial charge on any atom is 0.0822 e. The number of halogens is 1. The van der Waals surface area contributed by atoms with Gasteiger partial charge in [0.2, 0.25) is 0 Å². The van der Waals surface area contributed by atoms with Crippen LogP contribution in [0.2, 0.25) is 5.02 Å². The lowest BCUT2D eigenvalue weighted by atomic mass is 10.1. The molecule has 2 saturated heterocycles. The van der Waals surface area contributed by atoms with E-state index in [1.54, 1.807) is 12.4 Å². The first-order chi connectivity index (χ1) is 10.8. The monoisotopic (exact) mass is 325 g/mol. The van der Waals surface area contributed by atoms with Gasteiger partial charge in [-0.2, -0.15) is 0 Å². The number of hydrogen-bond donors (Lipinski definition) is 0. The van der Waals surface area contributed by atoms with Crippen molar-refractivity contribution in [2.24, 2.45) is 0 Å². The zero-order valence-corrected chi connectivity index (χ0v) is 13.7. The summed E-state index contributed by atoms with van der Waals surface area (Å²) in [7, 11) is 0. The predicted molar refractivity (Wildman–Crippen MR) is 87.7 cm³/mol. The molecule has 2 aliphatic heterocycles. The minimum atomic E-state index is 0.373. The van der Waals surface area contributed by atoms with Crippen molar-refractivity contribution in [3.8, 4) is 0 Å². The molecule has 5 nitrogen and oxygen atoms in total. The number of anilines is 1. The van der Waals surface area contributed by atoms with Gasteiger partial charge >= 0.3 is 0 Å². The van der Waals surface area contributed by atoms with Crippen LogP contribution in [0.25, 0.3) is 0 Å². The van der Waals surface area contributed by atoms with Crippen molar-refractivity contribution in [3.05, 3.63) is 23.5 Å². The molecule has 0 aromatic carbocycles. The summed E-state index contributed by atoms with van der Waals surface area (Å²) in [6, 6.07) is 1.99. The Bertz CT molecular complexity index is 460. The highest BCUT2D eigenvalue weighted by atomic mass is 35.5. The van der Waals surface area contributed by atoms with Gasteiger partial charge < -0.3 is 14.4 Å². The Morgan fingerprint density at radius 1 is 1.23 bits per heavy atom. The first-order valence-electron chi connectivity index (χ1n) is 8.09. The van der Waals surface area contributed by atoms with Crippen LogP contribution in [0.1, 0.15) is 12.8 Å². The lowest BCUT2D eigenvalue weighted by Gasteiger charge is -2.34. The lowest BCUT2D eigenvalue weighted by Crippen LogP contribution is -2.40. The van der Waals surface area contributed by atoms with Gasteiger partial charge in [-0.15, -0.1) is 0 Å². The molecule has 0 bridgehead atoms. The molecule has 0 amide bonds. The van der Waals surface area contributed by atoms with Gasteiger partial charge in [0.1, 0.15) is 0 Å². The van der Waals surface area contributed by atoms with E-state index in [1.807, 2.05) is 6.07 Å². The first kappa shape index (κ1) is 16.0. The minimum Gasteiger partial charge on any atom is -0.379 e. The molecule has 2 aliphatic rings. The molecular formula is C16H24ClN3O2. The largest absolute Gasteiger partial charge is 0.379 e. The molecule has 0 saturated carbocycles. The molecule has 1 aromatic heterocycles. The maximum atomic E-state index is 6.21. The van der Waals surface area contributed by atoms with Gasteiger partial charge in [-0.1, -0.05) is 11.6 Å². The van der Waals surface area contributed by atoms with E-state index in [1.165, 1.54) is 0 Å². The Morgan fingerprint density at radius 2 is 2.00 bits per heavy atom. The quantitative estimate of drug-likeness (QED) is 0.828. The average Bonchev–Trinajstić information content (AvgIpc) is 2.57. The third kappa shape index (κ3) is 4.32. The van der Waals surface area contributed by atoms with Crippen molar-refractivity contribution >= 4 is 17.3 Å². The predicted octanol–water partition coefficient (Wildman–Crippen LogP) is 2.05. The second kappa shape index (κ2) is 8.11. The smallest absolute Gasteiger partial charge is 0.0822 e. The van der Waals surface area contributed by atoms with Gasteiger partial charge in [-0.25, -0.2) is 0 Å². The van der Waals surface area contributed by atoms with Crippen LogP contribution in [-0.4, -0.2) is 68.5 Å². The Labute approximate surface area is 137 Å². The summed E-state index contributed by atoms with van der Waals surface area (Å²) >= 11 is 6.21. The van der Waals surface area contributed by atoms with Crippen molar-refractivity contribution in [2.75, 3.05) is 57.4 Å². The number of morpholine rings is 1. The average molecular weight is 326 g/mol. The Balaban J connectivity index is 1.37. The summed E-state index contributed by atoms with van der Waals surface area (Å²) in [6.07, 6.45) is 6.00. The number of piperidine rings is 1. The van der Waals surface area contributed by atoms with Crippen LogP contribution < -0.4 is 4.90 Å². The maximum absolute atomic E-state index is 6.21. The SMILES string of the molecule is Clc1cnccc1N1CCC(OCCN2CCOCC2)CC1. The van der Waals surface area contributed by atoms with Crippen molar-refractivity contribution < 1.29 is 9.47 Å². The zero-order valence-electron chi connectivity index (χ0n) is 12.9. The number of aromatic nitrogens is 1. The number of pyridine rings is 1. The molecular weight excluding hydrogens is 302 g/mol. The molecule has 22 heavy (non-hydrogen) atoms. The summed E-state index contributed by atoms with van der Waals surface area (Å²) in [6.45, 7) is 7.58. The highest BCUT2D eigenvalue weighted by Gasteiger charge is 2.21. The molecule has 2 fully saturated rings. The number of hydrogen-bond acceptors (Lipinski definition) is 5. The fourth-order valence-corrected chi connectivity index (χ4v) is 3.30. The van der Waals surface area contributed by atoms with Crippen LogP contribution in [0.3, 0.4) is 0 Å². The summed E-state index contributed by atoms with van der Waals surface area (Å²) in [5.74, 6) is 0. The first-order valence-corrected chi connectivity index (χ1v) is 8.47. The third-order valence-electron chi connectivity index (χ3n) is 4.40. The van der Waals surface area contributed by atoms with Crippen molar-refractivity contribution in [2.45, 2.75) is 18.9 Å². The van der Waals surface area contributed by atoms with E-state index in [0.29, 0.717) is 6.10 Å². The summed E-state index contributed by atoms with van der Waals surface area (Å²) in [5, 5.41) is 0.731. The molecule has 0 unspecified atom stereocenters.